The zero-order chi connectivity index (χ0) is 20.8. The van der Waals surface area contributed by atoms with Gasteiger partial charge in [0.1, 0.15) is 22.6 Å². The Bertz CT molecular complexity index is 869. The molecule has 2 aromatic rings. The highest BCUT2D eigenvalue weighted by Crippen LogP contribution is 2.39. The Hall–Kier alpha value is -2.87. The number of nitrogens with zero attached hydrogens (tertiary/aromatic N) is 1. The molecule has 0 aliphatic carbocycles. The van der Waals surface area contributed by atoms with Crippen LogP contribution in [0.1, 0.15) is 30.7 Å². The lowest BCUT2D eigenvalue weighted by Crippen LogP contribution is -2.38. The molecular weight excluding hydrogens is 392 g/mol. The van der Waals surface area contributed by atoms with Gasteiger partial charge in [-0.3, -0.25) is 9.59 Å². The van der Waals surface area contributed by atoms with Gasteiger partial charge in [-0.1, -0.05) is 6.07 Å². The van der Waals surface area contributed by atoms with Crippen molar-refractivity contribution in [2.75, 3.05) is 24.2 Å². The van der Waals surface area contributed by atoms with Gasteiger partial charge < -0.3 is 25.2 Å². The summed E-state index contributed by atoms with van der Waals surface area (Å²) in [5, 5.41) is 22.0. The Labute approximate surface area is 173 Å². The van der Waals surface area contributed by atoms with Gasteiger partial charge in [0.05, 0.1) is 6.61 Å². The second-order valence-electron chi connectivity index (χ2n) is 6.75. The van der Waals surface area contributed by atoms with Crippen LogP contribution in [0.4, 0.5) is 5.69 Å². The van der Waals surface area contributed by atoms with E-state index in [9.17, 15) is 19.8 Å². The number of ether oxygens (including phenoxy) is 1. The van der Waals surface area contributed by atoms with Crippen LogP contribution in [0.3, 0.4) is 0 Å². The first-order valence-electron chi connectivity index (χ1n) is 9.37. The number of rotatable bonds is 7. The van der Waals surface area contributed by atoms with E-state index in [4.69, 9.17) is 4.74 Å². The van der Waals surface area contributed by atoms with Gasteiger partial charge >= 0.3 is 0 Å². The largest absolute Gasteiger partial charge is 0.508 e. The number of anilines is 1. The Morgan fingerprint density at radius 1 is 1.24 bits per heavy atom. The summed E-state index contributed by atoms with van der Waals surface area (Å²) < 4.78 is 5.76. The van der Waals surface area contributed by atoms with Crippen LogP contribution >= 0.6 is 11.8 Å². The van der Waals surface area contributed by atoms with Gasteiger partial charge in [0.15, 0.2) is 0 Å². The minimum atomic E-state index is -0.252. The summed E-state index contributed by atoms with van der Waals surface area (Å²) in [4.78, 5) is 25.4. The standard InChI is InChI=1S/C21H24N2O5S/c1-14(24)22-16-4-2-5-19(12-16)28-8-3-7-23-20(27)6-9-29-21(23)15-10-17(25)13-18(26)11-15/h2,4-5,10-13,21,25-26H,3,6-9H2,1H3,(H,22,24). The number of hydrogen-bond acceptors (Lipinski definition) is 6. The first-order chi connectivity index (χ1) is 13.9. The molecule has 3 rings (SSSR count). The van der Waals surface area contributed by atoms with Crippen LogP contribution in [0, 0.1) is 0 Å². The number of amides is 2. The molecule has 29 heavy (non-hydrogen) atoms. The molecule has 0 saturated carbocycles. The van der Waals surface area contributed by atoms with Crippen molar-refractivity contribution in [3.05, 3.63) is 48.0 Å². The van der Waals surface area contributed by atoms with Gasteiger partial charge in [-0.2, -0.15) is 0 Å². The van der Waals surface area contributed by atoms with E-state index in [1.807, 2.05) is 6.07 Å². The quantitative estimate of drug-likeness (QED) is 0.598. The molecule has 7 nitrogen and oxygen atoms in total. The van der Waals surface area contributed by atoms with Gasteiger partial charge in [-0.25, -0.2) is 0 Å². The zero-order valence-electron chi connectivity index (χ0n) is 16.1. The first-order valence-corrected chi connectivity index (χ1v) is 10.4. The van der Waals surface area contributed by atoms with Gasteiger partial charge in [0, 0.05) is 43.5 Å². The van der Waals surface area contributed by atoms with E-state index in [-0.39, 0.29) is 28.7 Å². The predicted molar refractivity (Wildman–Crippen MR) is 112 cm³/mol. The second-order valence-corrected chi connectivity index (χ2v) is 7.94. The number of carbonyl (C=O) groups excluding carboxylic acids is 2. The minimum Gasteiger partial charge on any atom is -0.508 e. The summed E-state index contributed by atoms with van der Waals surface area (Å²) in [5.74, 6) is 1.19. The number of phenols is 2. The Morgan fingerprint density at radius 3 is 2.72 bits per heavy atom. The monoisotopic (exact) mass is 416 g/mol. The van der Waals surface area contributed by atoms with Crippen molar-refractivity contribution in [3.63, 3.8) is 0 Å². The molecule has 1 aliphatic heterocycles. The highest BCUT2D eigenvalue weighted by atomic mass is 32.2. The molecule has 0 aromatic heterocycles. The average molecular weight is 416 g/mol. The summed E-state index contributed by atoms with van der Waals surface area (Å²) in [6.07, 6.45) is 1.09. The molecule has 1 aliphatic rings. The van der Waals surface area contributed by atoms with Crippen molar-refractivity contribution >= 4 is 29.3 Å². The maximum Gasteiger partial charge on any atom is 0.224 e. The van der Waals surface area contributed by atoms with Gasteiger partial charge in [0.25, 0.3) is 0 Å². The lowest BCUT2D eigenvalue weighted by atomic mass is 10.1. The molecule has 3 N–H and O–H groups in total. The van der Waals surface area contributed by atoms with Gasteiger partial charge in [-0.05, 0) is 36.2 Å². The Kier molecular flexibility index (Phi) is 6.87. The fourth-order valence-corrected chi connectivity index (χ4v) is 4.44. The summed E-state index contributed by atoms with van der Waals surface area (Å²) in [6, 6.07) is 11.6. The molecule has 1 saturated heterocycles. The van der Waals surface area contributed by atoms with Crippen molar-refractivity contribution in [2.24, 2.45) is 0 Å². The molecule has 1 fully saturated rings. The fourth-order valence-electron chi connectivity index (χ4n) is 3.19. The van der Waals surface area contributed by atoms with Crippen LogP contribution in [0.25, 0.3) is 0 Å². The summed E-state index contributed by atoms with van der Waals surface area (Å²) >= 11 is 1.61. The number of thioether (sulfide) groups is 1. The third-order valence-corrected chi connectivity index (χ3v) is 5.65. The maximum atomic E-state index is 12.5. The van der Waals surface area contributed by atoms with E-state index >= 15 is 0 Å². The molecule has 0 spiro atoms. The highest BCUT2D eigenvalue weighted by molar-refractivity contribution is 7.99. The molecule has 8 heteroatoms. The van der Waals surface area contributed by atoms with Crippen LogP contribution in [-0.4, -0.2) is 45.8 Å². The van der Waals surface area contributed by atoms with E-state index in [1.165, 1.54) is 13.0 Å². The van der Waals surface area contributed by atoms with Crippen LogP contribution in [0.5, 0.6) is 17.2 Å². The topological polar surface area (TPSA) is 99.1 Å². The maximum absolute atomic E-state index is 12.5. The number of nitrogens with one attached hydrogen (secondary N) is 1. The van der Waals surface area contributed by atoms with E-state index in [2.05, 4.69) is 5.32 Å². The van der Waals surface area contributed by atoms with Crippen molar-refractivity contribution in [2.45, 2.75) is 25.1 Å². The Morgan fingerprint density at radius 2 is 2.00 bits per heavy atom. The van der Waals surface area contributed by atoms with E-state index in [0.717, 1.165) is 0 Å². The SMILES string of the molecule is CC(=O)Nc1cccc(OCCCN2C(=O)CCSC2c2cc(O)cc(O)c2)c1. The summed E-state index contributed by atoms with van der Waals surface area (Å²) in [7, 11) is 0. The number of hydrogen-bond donors (Lipinski definition) is 3. The molecule has 0 bridgehead atoms. The minimum absolute atomic E-state index is 0.0269. The van der Waals surface area contributed by atoms with Gasteiger partial charge in [-0.15, -0.1) is 11.8 Å². The lowest BCUT2D eigenvalue weighted by Gasteiger charge is -2.35. The second kappa shape index (κ2) is 9.56. The van der Waals surface area contributed by atoms with Gasteiger partial charge in [0.2, 0.25) is 11.8 Å². The zero-order valence-corrected chi connectivity index (χ0v) is 16.9. The molecule has 2 amide bonds. The third-order valence-electron chi connectivity index (χ3n) is 4.37. The molecule has 0 radical (unpaired) electrons. The lowest BCUT2D eigenvalue weighted by molar-refractivity contribution is -0.132. The molecule has 1 atom stereocenters. The molecule has 2 aromatic carbocycles. The normalized spacial score (nSPS) is 16.5. The molecule has 1 unspecified atom stereocenters. The summed E-state index contributed by atoms with van der Waals surface area (Å²) in [5.41, 5.74) is 1.37. The first kappa shape index (κ1) is 20.9. The fraction of sp³-hybridized carbons (Fsp3) is 0.333. The molecular formula is C21H24N2O5S. The van der Waals surface area contributed by atoms with E-state index in [1.54, 1.807) is 47.0 Å². The molecule has 1 heterocycles. The van der Waals surface area contributed by atoms with Crippen molar-refractivity contribution in [1.82, 2.24) is 4.90 Å². The highest BCUT2D eigenvalue weighted by Gasteiger charge is 2.30. The smallest absolute Gasteiger partial charge is 0.224 e. The number of carbonyl (C=O) groups is 2. The molecule has 154 valence electrons. The number of phenolic OH excluding ortho intramolecular Hbond substituents is 2. The predicted octanol–water partition coefficient (Wildman–Crippen LogP) is 3.49. The number of benzene rings is 2. The van der Waals surface area contributed by atoms with E-state index in [0.29, 0.717) is 48.7 Å². The summed E-state index contributed by atoms with van der Waals surface area (Å²) in [6.45, 7) is 2.36. The van der Waals surface area contributed by atoms with Crippen LogP contribution in [-0.2, 0) is 9.59 Å². The van der Waals surface area contributed by atoms with Crippen LogP contribution in [0.2, 0.25) is 0 Å². The van der Waals surface area contributed by atoms with Crippen molar-refractivity contribution < 1.29 is 24.5 Å². The van der Waals surface area contributed by atoms with Crippen molar-refractivity contribution in [3.8, 4) is 17.2 Å². The van der Waals surface area contributed by atoms with Crippen LogP contribution in [0.15, 0.2) is 42.5 Å². The third kappa shape index (κ3) is 5.80. The van der Waals surface area contributed by atoms with Crippen LogP contribution < -0.4 is 10.1 Å². The Balaban J connectivity index is 1.59. The van der Waals surface area contributed by atoms with Crippen molar-refractivity contribution in [1.29, 1.82) is 0 Å². The number of aromatic hydroxyl groups is 2. The van der Waals surface area contributed by atoms with E-state index < -0.39 is 0 Å². The average Bonchev–Trinajstić information content (AvgIpc) is 2.65.